The molecule has 0 fully saturated rings. The summed E-state index contributed by atoms with van der Waals surface area (Å²) in [5.41, 5.74) is 3.85. The van der Waals surface area contributed by atoms with Crippen LogP contribution in [0.3, 0.4) is 0 Å². The first-order valence-corrected chi connectivity index (χ1v) is 6.54. The smallest absolute Gasteiger partial charge is 0.335 e. The van der Waals surface area contributed by atoms with E-state index < -0.39 is 11.9 Å². The van der Waals surface area contributed by atoms with Gasteiger partial charge in [0.1, 0.15) is 0 Å². The van der Waals surface area contributed by atoms with Crippen molar-refractivity contribution in [1.29, 1.82) is 0 Å². The molecule has 0 aliphatic rings. The third-order valence-electron chi connectivity index (χ3n) is 3.46. The van der Waals surface area contributed by atoms with Gasteiger partial charge in [-0.2, -0.15) is 0 Å². The monoisotopic (exact) mass is 284 g/mol. The molecule has 0 aromatic heterocycles. The molecule has 0 saturated carbocycles. The van der Waals surface area contributed by atoms with Crippen molar-refractivity contribution >= 4 is 11.9 Å². The highest BCUT2D eigenvalue weighted by Crippen LogP contribution is 2.17. The molecule has 0 aliphatic heterocycles. The normalized spacial score (nSPS) is 10.4. The lowest BCUT2D eigenvalue weighted by atomic mass is 9.97. The Kier molecular flexibility index (Phi) is 4.08. The second kappa shape index (κ2) is 5.79. The summed E-state index contributed by atoms with van der Waals surface area (Å²) in [5.74, 6) is -1.88. The van der Waals surface area contributed by atoms with Gasteiger partial charge in [0.25, 0.3) is 0 Å². The molecule has 0 heterocycles. The van der Waals surface area contributed by atoms with Gasteiger partial charge in [-0.05, 0) is 54.7 Å². The summed E-state index contributed by atoms with van der Waals surface area (Å²) in [5, 5.41) is 18.1. The van der Waals surface area contributed by atoms with E-state index in [9.17, 15) is 9.59 Å². The Morgan fingerprint density at radius 1 is 0.810 bits per heavy atom. The Labute approximate surface area is 122 Å². The van der Waals surface area contributed by atoms with E-state index in [0.717, 1.165) is 16.7 Å². The number of hydrogen-bond donors (Lipinski definition) is 2. The molecule has 0 atom stereocenters. The molecule has 0 radical (unpaired) electrons. The Balaban J connectivity index is 2.30. The quantitative estimate of drug-likeness (QED) is 0.903. The van der Waals surface area contributed by atoms with E-state index in [2.05, 4.69) is 0 Å². The van der Waals surface area contributed by atoms with E-state index in [1.54, 1.807) is 38.1 Å². The molecular weight excluding hydrogens is 268 g/mol. The highest BCUT2D eigenvalue weighted by atomic mass is 16.4. The molecule has 21 heavy (non-hydrogen) atoms. The van der Waals surface area contributed by atoms with Crippen LogP contribution in [0.4, 0.5) is 0 Å². The zero-order chi connectivity index (χ0) is 15.6. The molecule has 0 saturated heterocycles. The first-order chi connectivity index (χ1) is 9.88. The van der Waals surface area contributed by atoms with Crippen molar-refractivity contribution < 1.29 is 19.8 Å². The molecule has 0 spiro atoms. The van der Waals surface area contributed by atoms with Gasteiger partial charge in [-0.1, -0.05) is 24.3 Å². The zero-order valence-corrected chi connectivity index (χ0v) is 11.9. The van der Waals surface area contributed by atoms with Gasteiger partial charge >= 0.3 is 11.9 Å². The largest absolute Gasteiger partial charge is 0.478 e. The van der Waals surface area contributed by atoms with Crippen LogP contribution in [0, 0.1) is 13.8 Å². The molecule has 108 valence electrons. The molecule has 0 bridgehead atoms. The van der Waals surface area contributed by atoms with Crippen LogP contribution in [0.15, 0.2) is 36.4 Å². The van der Waals surface area contributed by atoms with E-state index in [1.807, 2.05) is 12.1 Å². The van der Waals surface area contributed by atoms with Gasteiger partial charge in [0.05, 0.1) is 11.1 Å². The first-order valence-electron chi connectivity index (χ1n) is 6.54. The third-order valence-corrected chi connectivity index (χ3v) is 3.46. The second-order valence-corrected chi connectivity index (χ2v) is 5.09. The van der Waals surface area contributed by atoms with Crippen molar-refractivity contribution in [3.63, 3.8) is 0 Å². The Morgan fingerprint density at radius 3 is 1.95 bits per heavy atom. The standard InChI is InChI=1S/C17H16O4/c1-10-3-4-13(9-15(10)17(20)21)8-12-5-6-14(16(18)19)11(2)7-12/h3-7,9H,8H2,1-2H3,(H,18,19)(H,20,21). The molecule has 2 N–H and O–H groups in total. The van der Waals surface area contributed by atoms with Crippen molar-refractivity contribution in [3.8, 4) is 0 Å². The minimum absolute atomic E-state index is 0.286. The van der Waals surface area contributed by atoms with Crippen molar-refractivity contribution in [2.75, 3.05) is 0 Å². The maximum Gasteiger partial charge on any atom is 0.335 e. The summed E-state index contributed by atoms with van der Waals surface area (Å²) in [6, 6.07) is 10.5. The van der Waals surface area contributed by atoms with Gasteiger partial charge in [0.15, 0.2) is 0 Å². The van der Waals surface area contributed by atoms with Gasteiger partial charge in [-0.25, -0.2) is 9.59 Å². The van der Waals surface area contributed by atoms with Crippen molar-refractivity contribution in [2.24, 2.45) is 0 Å². The Bertz CT molecular complexity index is 717. The van der Waals surface area contributed by atoms with Gasteiger partial charge in [0.2, 0.25) is 0 Å². The summed E-state index contributed by atoms with van der Waals surface area (Å²) in [4.78, 5) is 22.1. The average molecular weight is 284 g/mol. The number of carboxylic acids is 2. The van der Waals surface area contributed by atoms with Gasteiger partial charge < -0.3 is 10.2 Å². The van der Waals surface area contributed by atoms with Crippen LogP contribution >= 0.6 is 0 Å². The Hall–Kier alpha value is -2.62. The minimum Gasteiger partial charge on any atom is -0.478 e. The second-order valence-electron chi connectivity index (χ2n) is 5.09. The number of rotatable bonds is 4. The molecule has 0 amide bonds. The van der Waals surface area contributed by atoms with Crippen LogP contribution < -0.4 is 0 Å². The maximum absolute atomic E-state index is 11.1. The van der Waals surface area contributed by atoms with Gasteiger partial charge in [0, 0.05) is 0 Å². The number of aryl methyl sites for hydroxylation is 2. The summed E-state index contributed by atoms with van der Waals surface area (Å²) < 4.78 is 0. The van der Waals surface area contributed by atoms with E-state index in [1.165, 1.54) is 0 Å². The number of benzene rings is 2. The van der Waals surface area contributed by atoms with E-state index in [-0.39, 0.29) is 5.56 Å². The SMILES string of the molecule is Cc1cc(Cc2ccc(C)c(C(=O)O)c2)ccc1C(=O)O. The summed E-state index contributed by atoms with van der Waals surface area (Å²) in [6.07, 6.45) is 0.571. The number of carboxylic acid groups (broad SMARTS) is 2. The van der Waals surface area contributed by atoms with Crippen LogP contribution in [0.1, 0.15) is 43.0 Å². The molecule has 4 heteroatoms. The lowest BCUT2D eigenvalue weighted by Gasteiger charge is -2.08. The number of aromatic carboxylic acids is 2. The molecule has 2 aromatic rings. The fraction of sp³-hybridized carbons (Fsp3) is 0.176. The highest BCUT2D eigenvalue weighted by molar-refractivity contribution is 5.90. The lowest BCUT2D eigenvalue weighted by Crippen LogP contribution is -2.02. The van der Waals surface area contributed by atoms with Crippen molar-refractivity contribution in [2.45, 2.75) is 20.3 Å². The fourth-order valence-electron chi connectivity index (χ4n) is 2.32. The van der Waals surface area contributed by atoms with Crippen LogP contribution in [0.25, 0.3) is 0 Å². The highest BCUT2D eigenvalue weighted by Gasteiger charge is 2.10. The lowest BCUT2D eigenvalue weighted by molar-refractivity contribution is 0.0685. The number of carbonyl (C=O) groups is 2. The van der Waals surface area contributed by atoms with Crippen LogP contribution in [-0.2, 0) is 6.42 Å². The van der Waals surface area contributed by atoms with Crippen molar-refractivity contribution in [3.05, 3.63) is 69.8 Å². The predicted octanol–water partition coefficient (Wildman–Crippen LogP) is 3.29. The molecule has 0 aliphatic carbocycles. The first kappa shape index (κ1) is 14.8. The fourth-order valence-corrected chi connectivity index (χ4v) is 2.32. The number of hydrogen-bond acceptors (Lipinski definition) is 2. The van der Waals surface area contributed by atoms with Crippen LogP contribution in [0.2, 0.25) is 0 Å². The molecule has 4 nitrogen and oxygen atoms in total. The van der Waals surface area contributed by atoms with Crippen LogP contribution in [0.5, 0.6) is 0 Å². The predicted molar refractivity (Wildman–Crippen MR) is 79.1 cm³/mol. The van der Waals surface area contributed by atoms with E-state index >= 15 is 0 Å². The van der Waals surface area contributed by atoms with Crippen LogP contribution in [-0.4, -0.2) is 22.2 Å². The molecule has 2 rings (SSSR count). The van der Waals surface area contributed by atoms with E-state index in [4.69, 9.17) is 10.2 Å². The molecule has 0 unspecified atom stereocenters. The Morgan fingerprint density at radius 2 is 1.38 bits per heavy atom. The zero-order valence-electron chi connectivity index (χ0n) is 11.9. The molecule has 2 aromatic carbocycles. The van der Waals surface area contributed by atoms with Crippen molar-refractivity contribution in [1.82, 2.24) is 0 Å². The average Bonchev–Trinajstić information content (AvgIpc) is 2.40. The van der Waals surface area contributed by atoms with Gasteiger partial charge in [-0.3, -0.25) is 0 Å². The summed E-state index contributed by atoms with van der Waals surface area (Å²) in [7, 11) is 0. The van der Waals surface area contributed by atoms with Gasteiger partial charge in [-0.15, -0.1) is 0 Å². The minimum atomic E-state index is -0.942. The third kappa shape index (κ3) is 3.28. The summed E-state index contributed by atoms with van der Waals surface area (Å²) >= 11 is 0. The maximum atomic E-state index is 11.1. The topological polar surface area (TPSA) is 74.6 Å². The van der Waals surface area contributed by atoms with E-state index in [0.29, 0.717) is 17.5 Å². The summed E-state index contributed by atoms with van der Waals surface area (Å²) in [6.45, 7) is 3.52. The molecular formula is C17H16O4.